The normalized spacial score (nSPS) is 9.75. The first-order chi connectivity index (χ1) is 9.61. The number of thiophene rings is 1. The molecule has 0 fully saturated rings. The van der Waals surface area contributed by atoms with Crippen molar-refractivity contribution < 1.29 is 9.90 Å². The Morgan fingerprint density at radius 1 is 1.40 bits per heavy atom. The van der Waals surface area contributed by atoms with Crippen LogP contribution in [0, 0.1) is 18.8 Å². The van der Waals surface area contributed by atoms with Gasteiger partial charge in [-0.05, 0) is 30.7 Å². The zero-order chi connectivity index (χ0) is 14.5. The monoisotopic (exact) mass is 285 g/mol. The lowest BCUT2D eigenvalue weighted by molar-refractivity contribution is 0.0993. The minimum atomic E-state index is -0.176. The predicted octanol–water partition coefficient (Wildman–Crippen LogP) is 2.68. The van der Waals surface area contributed by atoms with E-state index in [9.17, 15) is 4.79 Å². The van der Waals surface area contributed by atoms with Crippen LogP contribution in [0.4, 0.5) is 5.69 Å². The Morgan fingerprint density at radius 2 is 2.20 bits per heavy atom. The second-order valence-corrected chi connectivity index (χ2v) is 5.27. The molecule has 0 spiro atoms. The summed E-state index contributed by atoms with van der Waals surface area (Å²) in [6.45, 7) is 1.82. The van der Waals surface area contributed by atoms with Crippen molar-refractivity contribution in [1.29, 1.82) is 0 Å². The summed E-state index contributed by atoms with van der Waals surface area (Å²) >= 11 is 1.40. The average Bonchev–Trinajstić information content (AvgIpc) is 2.92. The molecule has 4 heteroatoms. The van der Waals surface area contributed by atoms with Gasteiger partial charge in [0.15, 0.2) is 0 Å². The lowest BCUT2D eigenvalue weighted by Gasteiger charge is -2.17. The van der Waals surface area contributed by atoms with Crippen LogP contribution in [0.3, 0.4) is 0 Å². The third-order valence-corrected chi connectivity index (χ3v) is 3.68. The first-order valence-corrected chi connectivity index (χ1v) is 7.03. The Hall–Kier alpha value is -2.09. The summed E-state index contributed by atoms with van der Waals surface area (Å²) in [6, 6.07) is 9.55. The summed E-state index contributed by atoms with van der Waals surface area (Å²) < 4.78 is 0. The van der Waals surface area contributed by atoms with Crippen LogP contribution < -0.4 is 4.90 Å². The number of aryl methyl sites for hydroxylation is 1. The molecular weight excluding hydrogens is 270 g/mol. The molecule has 3 nitrogen and oxygen atoms in total. The molecule has 0 aliphatic rings. The number of aliphatic hydroxyl groups excluding tert-OH is 1. The standard InChI is InChI=1S/C16H15NO2S/c1-12-5-3-6-14(9-12)17(2)16(19)13-10-15(20-11-13)7-4-8-18/h3,5-6,9-11,18H,8H2,1-2H3. The molecular formula is C16H15NO2S. The van der Waals surface area contributed by atoms with E-state index >= 15 is 0 Å². The van der Waals surface area contributed by atoms with E-state index in [1.165, 1.54) is 11.3 Å². The smallest absolute Gasteiger partial charge is 0.258 e. The number of hydrogen-bond acceptors (Lipinski definition) is 3. The molecule has 0 atom stereocenters. The van der Waals surface area contributed by atoms with Gasteiger partial charge in [-0.3, -0.25) is 4.79 Å². The van der Waals surface area contributed by atoms with Gasteiger partial charge >= 0.3 is 0 Å². The van der Waals surface area contributed by atoms with Gasteiger partial charge in [0.25, 0.3) is 5.91 Å². The van der Waals surface area contributed by atoms with E-state index in [2.05, 4.69) is 11.8 Å². The number of benzene rings is 1. The summed E-state index contributed by atoms with van der Waals surface area (Å²) in [7, 11) is 1.76. The van der Waals surface area contributed by atoms with Crippen LogP contribution in [0.5, 0.6) is 0 Å². The quantitative estimate of drug-likeness (QED) is 0.862. The Balaban J connectivity index is 2.20. The van der Waals surface area contributed by atoms with Crippen LogP contribution in [-0.2, 0) is 0 Å². The van der Waals surface area contributed by atoms with Crippen LogP contribution in [-0.4, -0.2) is 24.7 Å². The number of carbonyl (C=O) groups excluding carboxylic acids is 1. The van der Waals surface area contributed by atoms with Gasteiger partial charge in [0.05, 0.1) is 10.4 Å². The molecule has 0 aliphatic carbocycles. The average molecular weight is 285 g/mol. The van der Waals surface area contributed by atoms with Crippen LogP contribution in [0.25, 0.3) is 0 Å². The molecule has 0 aliphatic heterocycles. The largest absolute Gasteiger partial charge is 0.384 e. The number of rotatable bonds is 2. The molecule has 1 aromatic carbocycles. The minimum absolute atomic E-state index is 0.0658. The van der Waals surface area contributed by atoms with Crippen LogP contribution in [0.15, 0.2) is 35.7 Å². The SMILES string of the molecule is Cc1cccc(N(C)C(=O)c2csc(C#CCO)c2)c1. The molecule has 2 rings (SSSR count). The van der Waals surface area contributed by atoms with Crippen molar-refractivity contribution in [1.82, 2.24) is 0 Å². The Kier molecular flexibility index (Phi) is 4.57. The number of amides is 1. The van der Waals surface area contributed by atoms with E-state index in [0.29, 0.717) is 5.56 Å². The van der Waals surface area contributed by atoms with E-state index in [-0.39, 0.29) is 12.5 Å². The zero-order valence-corrected chi connectivity index (χ0v) is 12.2. The van der Waals surface area contributed by atoms with Crippen molar-refractivity contribution in [2.75, 3.05) is 18.6 Å². The first kappa shape index (κ1) is 14.3. The maximum atomic E-state index is 12.4. The molecule has 1 N–H and O–H groups in total. The van der Waals surface area contributed by atoms with Crippen LogP contribution >= 0.6 is 11.3 Å². The highest BCUT2D eigenvalue weighted by molar-refractivity contribution is 7.10. The van der Waals surface area contributed by atoms with Gasteiger partial charge in [-0.25, -0.2) is 0 Å². The summed E-state index contributed by atoms with van der Waals surface area (Å²) in [5.41, 5.74) is 2.59. The predicted molar refractivity (Wildman–Crippen MR) is 82.2 cm³/mol. The lowest BCUT2D eigenvalue weighted by Crippen LogP contribution is -2.25. The summed E-state index contributed by atoms with van der Waals surface area (Å²) in [5.74, 6) is 5.32. The van der Waals surface area contributed by atoms with Gasteiger partial charge in [0.1, 0.15) is 6.61 Å². The number of aliphatic hydroxyl groups is 1. The lowest BCUT2D eigenvalue weighted by atomic mass is 10.2. The molecule has 1 heterocycles. The Labute approximate surface area is 122 Å². The van der Waals surface area contributed by atoms with Gasteiger partial charge in [-0.2, -0.15) is 0 Å². The summed E-state index contributed by atoms with van der Waals surface area (Å²) in [4.78, 5) is 14.8. The number of carbonyl (C=O) groups is 1. The molecule has 0 saturated heterocycles. The van der Waals surface area contributed by atoms with Gasteiger partial charge in [-0.15, -0.1) is 11.3 Å². The van der Waals surface area contributed by atoms with Crippen molar-refractivity contribution in [2.24, 2.45) is 0 Å². The third kappa shape index (κ3) is 3.27. The molecule has 1 aromatic heterocycles. The van der Waals surface area contributed by atoms with Crippen molar-refractivity contribution >= 4 is 22.9 Å². The van der Waals surface area contributed by atoms with Gasteiger partial charge in [0, 0.05) is 18.1 Å². The fraction of sp³-hybridized carbons (Fsp3) is 0.188. The molecule has 2 aromatic rings. The summed E-state index contributed by atoms with van der Waals surface area (Å²) in [5, 5.41) is 10.5. The third-order valence-electron chi connectivity index (χ3n) is 2.83. The maximum absolute atomic E-state index is 12.4. The van der Waals surface area contributed by atoms with Crippen LogP contribution in [0.1, 0.15) is 20.8 Å². The van der Waals surface area contributed by atoms with E-state index in [1.807, 2.05) is 31.2 Å². The number of hydrogen-bond donors (Lipinski definition) is 1. The Morgan fingerprint density at radius 3 is 2.90 bits per heavy atom. The second-order valence-electron chi connectivity index (χ2n) is 4.36. The van der Waals surface area contributed by atoms with Gasteiger partial charge in [-0.1, -0.05) is 24.0 Å². The topological polar surface area (TPSA) is 40.5 Å². The molecule has 102 valence electrons. The Bertz CT molecular complexity index is 679. The fourth-order valence-corrected chi connectivity index (χ4v) is 2.54. The van der Waals surface area contributed by atoms with Crippen LogP contribution in [0.2, 0.25) is 0 Å². The molecule has 0 saturated carbocycles. The molecule has 1 amide bonds. The second kappa shape index (κ2) is 6.38. The fourth-order valence-electron chi connectivity index (χ4n) is 1.79. The van der Waals surface area contributed by atoms with E-state index in [1.54, 1.807) is 23.4 Å². The van der Waals surface area contributed by atoms with Gasteiger partial charge < -0.3 is 10.0 Å². The first-order valence-electron chi connectivity index (χ1n) is 6.15. The van der Waals surface area contributed by atoms with Crippen molar-refractivity contribution in [3.05, 3.63) is 51.7 Å². The highest BCUT2D eigenvalue weighted by Crippen LogP contribution is 2.20. The molecule has 0 unspecified atom stereocenters. The van der Waals surface area contributed by atoms with Crippen molar-refractivity contribution in [2.45, 2.75) is 6.92 Å². The molecule has 20 heavy (non-hydrogen) atoms. The van der Waals surface area contributed by atoms with E-state index < -0.39 is 0 Å². The van der Waals surface area contributed by atoms with Gasteiger partial charge in [0.2, 0.25) is 0 Å². The molecule has 0 radical (unpaired) electrons. The minimum Gasteiger partial charge on any atom is -0.384 e. The zero-order valence-electron chi connectivity index (χ0n) is 11.4. The maximum Gasteiger partial charge on any atom is 0.258 e. The number of nitrogens with zero attached hydrogens (tertiary/aromatic N) is 1. The summed E-state index contributed by atoms with van der Waals surface area (Å²) in [6.07, 6.45) is 0. The van der Waals surface area contributed by atoms with E-state index in [0.717, 1.165) is 16.1 Å². The molecule has 0 bridgehead atoms. The van der Waals surface area contributed by atoms with Crippen molar-refractivity contribution in [3.8, 4) is 11.8 Å². The van der Waals surface area contributed by atoms with Crippen molar-refractivity contribution in [3.63, 3.8) is 0 Å². The highest BCUT2D eigenvalue weighted by Gasteiger charge is 2.14. The van der Waals surface area contributed by atoms with E-state index in [4.69, 9.17) is 5.11 Å². The number of anilines is 1. The highest BCUT2D eigenvalue weighted by atomic mass is 32.1.